The third-order valence-electron chi connectivity index (χ3n) is 2.55. The van der Waals surface area contributed by atoms with Crippen LogP contribution >= 0.6 is 11.6 Å². The molecule has 1 aliphatic rings. The minimum Gasteiger partial charge on any atom is -0.395 e. The highest BCUT2D eigenvalue weighted by atomic mass is 35.5. The molecule has 0 heterocycles. The summed E-state index contributed by atoms with van der Waals surface area (Å²) in [4.78, 5) is 11.9. The fraction of sp³-hybridized carbons (Fsp3) is 0.250. The molecule has 0 aliphatic heterocycles. The Labute approximate surface area is 98.7 Å². The van der Waals surface area contributed by atoms with Crippen LogP contribution < -0.4 is 5.32 Å². The predicted molar refractivity (Wildman–Crippen MR) is 62.7 cm³/mol. The smallest absolute Gasteiger partial charge is 0.191 e. The van der Waals surface area contributed by atoms with Gasteiger partial charge in [-0.1, -0.05) is 23.7 Å². The highest BCUT2D eigenvalue weighted by Crippen LogP contribution is 2.31. The zero-order valence-corrected chi connectivity index (χ0v) is 9.42. The molecule has 84 valence electrons. The van der Waals surface area contributed by atoms with E-state index >= 15 is 0 Å². The van der Waals surface area contributed by atoms with Crippen molar-refractivity contribution in [3.05, 3.63) is 46.1 Å². The summed E-state index contributed by atoms with van der Waals surface area (Å²) in [5, 5.41) is 12.1. The Balaban J connectivity index is 2.24. The van der Waals surface area contributed by atoms with Crippen molar-refractivity contribution in [2.75, 3.05) is 13.2 Å². The number of carbonyl (C=O) groups excluding carboxylic acids is 1. The molecule has 4 heteroatoms. The van der Waals surface area contributed by atoms with Gasteiger partial charge in [-0.15, -0.1) is 0 Å². The number of nitrogens with one attached hydrogen (secondary N) is 1. The van der Waals surface area contributed by atoms with Crippen LogP contribution in [-0.4, -0.2) is 24.0 Å². The zero-order valence-electron chi connectivity index (χ0n) is 8.66. The number of benzene rings is 1. The fourth-order valence-corrected chi connectivity index (χ4v) is 2.01. The van der Waals surface area contributed by atoms with Crippen LogP contribution in [-0.2, 0) is 6.42 Å². The Morgan fingerprint density at radius 1 is 1.50 bits per heavy atom. The maximum atomic E-state index is 11.9. The van der Waals surface area contributed by atoms with Gasteiger partial charge in [0.1, 0.15) is 0 Å². The molecule has 0 fully saturated rings. The molecule has 3 nitrogen and oxygen atoms in total. The molecule has 0 saturated carbocycles. The summed E-state index contributed by atoms with van der Waals surface area (Å²) < 4.78 is 0. The number of rotatable bonds is 3. The Bertz CT molecular complexity index is 454. The summed E-state index contributed by atoms with van der Waals surface area (Å²) in [6.07, 6.45) is 2.22. The van der Waals surface area contributed by atoms with Crippen LogP contribution in [0.15, 0.2) is 30.0 Å². The van der Waals surface area contributed by atoms with Gasteiger partial charge in [0.15, 0.2) is 5.78 Å². The van der Waals surface area contributed by atoms with E-state index < -0.39 is 0 Å². The van der Waals surface area contributed by atoms with E-state index in [4.69, 9.17) is 16.7 Å². The van der Waals surface area contributed by atoms with Gasteiger partial charge in [-0.25, -0.2) is 0 Å². The monoisotopic (exact) mass is 237 g/mol. The van der Waals surface area contributed by atoms with Gasteiger partial charge in [-0.3, -0.25) is 4.79 Å². The molecule has 0 unspecified atom stereocenters. The molecule has 0 bridgehead atoms. The lowest BCUT2D eigenvalue weighted by Gasteiger charge is -1.98. The first-order valence-corrected chi connectivity index (χ1v) is 5.47. The third kappa shape index (κ3) is 1.96. The lowest BCUT2D eigenvalue weighted by atomic mass is 10.1. The third-order valence-corrected chi connectivity index (χ3v) is 2.91. The number of Topliss-reactive ketones (excluding diaryl/α,β-unsaturated/α-hetero) is 1. The van der Waals surface area contributed by atoms with Gasteiger partial charge in [0.2, 0.25) is 0 Å². The van der Waals surface area contributed by atoms with Crippen LogP contribution in [0.25, 0.3) is 0 Å². The maximum absolute atomic E-state index is 11.9. The number of allylic oxidation sites excluding steroid dienone is 1. The summed E-state index contributed by atoms with van der Waals surface area (Å²) >= 11 is 6.02. The molecule has 1 aromatic carbocycles. The van der Waals surface area contributed by atoms with Gasteiger partial charge in [-0.2, -0.15) is 0 Å². The van der Waals surface area contributed by atoms with Crippen molar-refractivity contribution in [1.29, 1.82) is 0 Å². The van der Waals surface area contributed by atoms with Crippen molar-refractivity contribution in [2.24, 2.45) is 0 Å². The second-order valence-corrected chi connectivity index (χ2v) is 4.03. The van der Waals surface area contributed by atoms with Gasteiger partial charge in [-0.05, 0) is 11.6 Å². The summed E-state index contributed by atoms with van der Waals surface area (Å²) in [7, 11) is 0. The van der Waals surface area contributed by atoms with E-state index in [9.17, 15) is 4.79 Å². The van der Waals surface area contributed by atoms with E-state index in [1.54, 1.807) is 24.4 Å². The highest BCUT2D eigenvalue weighted by Gasteiger charge is 2.26. The van der Waals surface area contributed by atoms with E-state index in [0.29, 0.717) is 29.1 Å². The summed E-state index contributed by atoms with van der Waals surface area (Å²) in [5.74, 6) is 0.0166. The SMILES string of the molecule is O=C1C(=CNCCO)Cc2c(Cl)cccc21. The van der Waals surface area contributed by atoms with Crippen molar-refractivity contribution in [3.8, 4) is 0 Å². The molecule has 1 aromatic rings. The Morgan fingerprint density at radius 2 is 2.31 bits per heavy atom. The first-order valence-electron chi connectivity index (χ1n) is 5.09. The van der Waals surface area contributed by atoms with Crippen LogP contribution in [0, 0.1) is 0 Å². The average Bonchev–Trinajstić information content (AvgIpc) is 2.59. The van der Waals surface area contributed by atoms with E-state index in [0.717, 1.165) is 5.56 Å². The molecule has 0 spiro atoms. The van der Waals surface area contributed by atoms with Crippen LogP contribution in [0.2, 0.25) is 5.02 Å². The molecule has 0 aromatic heterocycles. The number of halogens is 1. The minimum absolute atomic E-state index is 0.0166. The van der Waals surface area contributed by atoms with Crippen LogP contribution in [0.4, 0.5) is 0 Å². The Kier molecular flexibility index (Phi) is 3.27. The van der Waals surface area contributed by atoms with Crippen LogP contribution in [0.3, 0.4) is 0 Å². The molecule has 0 radical (unpaired) electrons. The zero-order chi connectivity index (χ0) is 11.5. The average molecular weight is 238 g/mol. The first-order chi connectivity index (χ1) is 7.74. The van der Waals surface area contributed by atoms with E-state index in [1.165, 1.54) is 0 Å². The van der Waals surface area contributed by atoms with Crippen LogP contribution in [0.1, 0.15) is 15.9 Å². The summed E-state index contributed by atoms with van der Waals surface area (Å²) in [6.45, 7) is 0.493. The number of aliphatic hydroxyl groups excluding tert-OH is 1. The Morgan fingerprint density at radius 3 is 3.00 bits per heavy atom. The molecule has 16 heavy (non-hydrogen) atoms. The largest absolute Gasteiger partial charge is 0.395 e. The lowest BCUT2D eigenvalue weighted by molar-refractivity contribution is 0.103. The molecule has 0 amide bonds. The topological polar surface area (TPSA) is 49.3 Å². The van der Waals surface area contributed by atoms with Crippen molar-refractivity contribution >= 4 is 17.4 Å². The fourth-order valence-electron chi connectivity index (χ4n) is 1.77. The van der Waals surface area contributed by atoms with E-state index in [1.807, 2.05) is 0 Å². The van der Waals surface area contributed by atoms with Gasteiger partial charge in [0.25, 0.3) is 0 Å². The number of fused-ring (bicyclic) bond motifs is 1. The molecule has 2 rings (SSSR count). The second-order valence-electron chi connectivity index (χ2n) is 3.62. The number of aliphatic hydroxyl groups is 1. The number of carbonyl (C=O) groups is 1. The van der Waals surface area contributed by atoms with Gasteiger partial charge in [0, 0.05) is 35.3 Å². The van der Waals surface area contributed by atoms with Crippen molar-refractivity contribution < 1.29 is 9.90 Å². The van der Waals surface area contributed by atoms with Crippen molar-refractivity contribution in [2.45, 2.75) is 6.42 Å². The molecule has 2 N–H and O–H groups in total. The normalized spacial score (nSPS) is 16.6. The Hall–Kier alpha value is -1.32. The molecular formula is C12H12ClNO2. The second kappa shape index (κ2) is 4.68. The number of hydrogen-bond acceptors (Lipinski definition) is 3. The van der Waals surface area contributed by atoms with Gasteiger partial charge in [0.05, 0.1) is 6.61 Å². The number of ketones is 1. The van der Waals surface area contributed by atoms with Gasteiger partial charge >= 0.3 is 0 Å². The van der Waals surface area contributed by atoms with Crippen LogP contribution in [0.5, 0.6) is 0 Å². The standard InChI is InChI=1S/C12H12ClNO2/c13-11-3-1-2-9-10(11)6-8(12(9)16)7-14-4-5-15/h1-3,7,14-15H,4-6H2. The van der Waals surface area contributed by atoms with E-state index in [-0.39, 0.29) is 12.4 Å². The minimum atomic E-state index is 0.0166. The molecular weight excluding hydrogens is 226 g/mol. The molecule has 0 atom stereocenters. The molecule has 0 saturated heterocycles. The van der Waals surface area contributed by atoms with E-state index in [2.05, 4.69) is 5.32 Å². The quantitative estimate of drug-likeness (QED) is 0.620. The van der Waals surface area contributed by atoms with Crippen molar-refractivity contribution in [3.63, 3.8) is 0 Å². The lowest BCUT2D eigenvalue weighted by Crippen LogP contribution is -2.13. The molecule has 1 aliphatic carbocycles. The first kappa shape index (κ1) is 11.2. The highest BCUT2D eigenvalue weighted by molar-refractivity contribution is 6.32. The summed E-state index contributed by atoms with van der Waals surface area (Å²) in [6, 6.07) is 5.36. The number of hydrogen-bond donors (Lipinski definition) is 2. The maximum Gasteiger partial charge on any atom is 0.191 e. The van der Waals surface area contributed by atoms with Gasteiger partial charge < -0.3 is 10.4 Å². The summed E-state index contributed by atoms with van der Waals surface area (Å²) in [5.41, 5.74) is 2.27. The predicted octanol–water partition coefficient (Wildman–Crippen LogP) is 1.54. The van der Waals surface area contributed by atoms with Crippen molar-refractivity contribution in [1.82, 2.24) is 5.32 Å².